The lowest BCUT2D eigenvalue weighted by Gasteiger charge is -2.07. The van der Waals surface area contributed by atoms with Crippen molar-refractivity contribution in [3.8, 4) is 0 Å². The van der Waals surface area contributed by atoms with Gasteiger partial charge in [0.05, 0.1) is 12.4 Å². The molecule has 2 aromatic carbocycles. The van der Waals surface area contributed by atoms with Crippen molar-refractivity contribution in [2.45, 2.75) is 13.3 Å². The third-order valence-corrected chi connectivity index (χ3v) is 4.79. The van der Waals surface area contributed by atoms with Crippen LogP contribution in [0.4, 0.5) is 11.5 Å². The molecule has 0 fully saturated rings. The first-order valence-electron chi connectivity index (χ1n) is 9.63. The molecule has 150 valence electrons. The van der Waals surface area contributed by atoms with Crippen molar-refractivity contribution in [3.63, 3.8) is 0 Å². The van der Waals surface area contributed by atoms with Gasteiger partial charge in [0.2, 0.25) is 0 Å². The molecule has 3 N–H and O–H groups in total. The standard InChI is InChI=1S/C23H21N5O2/c1-15(29)16-5-4-6-18(11-16)28-23(30)21-13-27-22(14-26-21)24-10-9-17-12-25-20-8-3-2-7-19(17)20/h2-8,11-14,25H,9-10H2,1H3,(H,24,27)(H,28,30). The van der Waals surface area contributed by atoms with Gasteiger partial charge in [-0.25, -0.2) is 9.97 Å². The van der Waals surface area contributed by atoms with Gasteiger partial charge < -0.3 is 15.6 Å². The van der Waals surface area contributed by atoms with E-state index in [-0.39, 0.29) is 17.4 Å². The number of rotatable bonds is 7. The normalized spacial score (nSPS) is 10.7. The van der Waals surface area contributed by atoms with Crippen LogP contribution in [0.3, 0.4) is 0 Å². The summed E-state index contributed by atoms with van der Waals surface area (Å²) in [6.45, 7) is 2.18. The second kappa shape index (κ2) is 8.57. The van der Waals surface area contributed by atoms with Gasteiger partial charge in [-0.1, -0.05) is 30.3 Å². The topological polar surface area (TPSA) is 99.8 Å². The van der Waals surface area contributed by atoms with Crippen molar-refractivity contribution >= 4 is 34.1 Å². The fourth-order valence-electron chi connectivity index (χ4n) is 3.21. The number of benzene rings is 2. The molecular weight excluding hydrogens is 378 g/mol. The summed E-state index contributed by atoms with van der Waals surface area (Å²) in [5, 5.41) is 7.17. The number of carbonyl (C=O) groups excluding carboxylic acids is 2. The highest BCUT2D eigenvalue weighted by Gasteiger charge is 2.10. The van der Waals surface area contributed by atoms with E-state index in [9.17, 15) is 9.59 Å². The number of anilines is 2. The minimum atomic E-state index is -0.381. The van der Waals surface area contributed by atoms with Gasteiger partial charge in [-0.2, -0.15) is 0 Å². The molecule has 7 heteroatoms. The summed E-state index contributed by atoms with van der Waals surface area (Å²) in [6, 6.07) is 15.0. The van der Waals surface area contributed by atoms with Crippen LogP contribution in [-0.4, -0.2) is 33.2 Å². The number of nitrogens with zero attached hydrogens (tertiary/aromatic N) is 2. The van der Waals surface area contributed by atoms with E-state index in [2.05, 4.69) is 37.7 Å². The molecule has 0 bridgehead atoms. The number of carbonyl (C=O) groups is 2. The zero-order valence-corrected chi connectivity index (χ0v) is 16.5. The Morgan fingerprint density at radius 2 is 1.90 bits per heavy atom. The highest BCUT2D eigenvalue weighted by molar-refractivity contribution is 6.03. The third-order valence-electron chi connectivity index (χ3n) is 4.79. The summed E-state index contributed by atoms with van der Waals surface area (Å²) in [6.07, 6.45) is 5.82. The molecule has 0 aliphatic carbocycles. The summed E-state index contributed by atoms with van der Waals surface area (Å²) in [5.41, 5.74) is 3.63. The maximum Gasteiger partial charge on any atom is 0.275 e. The van der Waals surface area contributed by atoms with Crippen LogP contribution in [0.2, 0.25) is 0 Å². The van der Waals surface area contributed by atoms with Crippen molar-refractivity contribution in [2.24, 2.45) is 0 Å². The lowest BCUT2D eigenvalue weighted by Crippen LogP contribution is -2.15. The molecule has 0 atom stereocenters. The van der Waals surface area contributed by atoms with Crippen LogP contribution >= 0.6 is 0 Å². The van der Waals surface area contributed by atoms with Crippen molar-refractivity contribution in [2.75, 3.05) is 17.2 Å². The molecule has 0 unspecified atom stereocenters. The van der Waals surface area contributed by atoms with Crippen molar-refractivity contribution in [1.82, 2.24) is 15.0 Å². The van der Waals surface area contributed by atoms with Crippen LogP contribution in [-0.2, 0) is 6.42 Å². The number of hydrogen-bond acceptors (Lipinski definition) is 5. The Balaban J connectivity index is 1.34. The van der Waals surface area contributed by atoms with Gasteiger partial charge in [0.25, 0.3) is 5.91 Å². The van der Waals surface area contributed by atoms with E-state index in [0.717, 1.165) is 11.9 Å². The zero-order valence-electron chi connectivity index (χ0n) is 16.5. The average Bonchev–Trinajstić information content (AvgIpc) is 3.17. The first-order chi connectivity index (χ1) is 14.6. The van der Waals surface area contributed by atoms with E-state index in [1.165, 1.54) is 30.3 Å². The van der Waals surface area contributed by atoms with Crippen molar-refractivity contribution in [1.29, 1.82) is 0 Å². The van der Waals surface area contributed by atoms with Gasteiger partial charge in [0, 0.05) is 34.9 Å². The molecule has 1 amide bonds. The van der Waals surface area contributed by atoms with E-state index in [1.807, 2.05) is 18.3 Å². The number of aromatic nitrogens is 3. The number of nitrogens with one attached hydrogen (secondary N) is 3. The van der Waals surface area contributed by atoms with E-state index in [0.29, 0.717) is 23.6 Å². The van der Waals surface area contributed by atoms with Gasteiger partial charge in [-0.15, -0.1) is 0 Å². The Hall–Kier alpha value is -4.00. The Morgan fingerprint density at radius 3 is 2.70 bits per heavy atom. The van der Waals surface area contributed by atoms with E-state index in [1.54, 1.807) is 24.3 Å². The van der Waals surface area contributed by atoms with Crippen LogP contribution in [0.25, 0.3) is 10.9 Å². The van der Waals surface area contributed by atoms with Crippen LogP contribution < -0.4 is 10.6 Å². The molecule has 2 aromatic heterocycles. The molecule has 0 saturated heterocycles. The van der Waals surface area contributed by atoms with Gasteiger partial charge in [-0.3, -0.25) is 9.59 Å². The summed E-state index contributed by atoms with van der Waals surface area (Å²) in [5.74, 6) is 0.160. The minimum Gasteiger partial charge on any atom is -0.368 e. The lowest BCUT2D eigenvalue weighted by molar-refractivity contribution is 0.100. The lowest BCUT2D eigenvalue weighted by atomic mass is 10.1. The fraction of sp³-hybridized carbons (Fsp3) is 0.130. The number of ketones is 1. The Bertz CT molecular complexity index is 1200. The quantitative estimate of drug-likeness (QED) is 0.407. The summed E-state index contributed by atoms with van der Waals surface area (Å²) >= 11 is 0. The summed E-state index contributed by atoms with van der Waals surface area (Å²) < 4.78 is 0. The number of hydrogen-bond donors (Lipinski definition) is 3. The predicted octanol–water partition coefficient (Wildman–Crippen LogP) is 4.07. The average molecular weight is 399 g/mol. The third kappa shape index (κ3) is 4.35. The second-order valence-corrected chi connectivity index (χ2v) is 6.91. The maximum atomic E-state index is 12.4. The number of fused-ring (bicyclic) bond motifs is 1. The SMILES string of the molecule is CC(=O)c1cccc(NC(=O)c2cnc(NCCc3c[nH]c4ccccc34)cn2)c1. The van der Waals surface area contributed by atoms with E-state index >= 15 is 0 Å². The number of Topliss-reactive ketones (excluding diaryl/α,β-unsaturated/α-hetero) is 1. The van der Waals surface area contributed by atoms with Crippen LogP contribution in [0.1, 0.15) is 33.3 Å². The van der Waals surface area contributed by atoms with Crippen LogP contribution in [0.15, 0.2) is 67.1 Å². The number of aromatic amines is 1. The Labute approximate surface area is 173 Å². The molecule has 4 rings (SSSR count). The zero-order chi connectivity index (χ0) is 20.9. The Kier molecular flexibility index (Phi) is 5.52. The first kappa shape index (κ1) is 19.3. The molecule has 7 nitrogen and oxygen atoms in total. The molecular formula is C23H21N5O2. The van der Waals surface area contributed by atoms with E-state index in [4.69, 9.17) is 0 Å². The van der Waals surface area contributed by atoms with Crippen molar-refractivity contribution in [3.05, 3.63) is 83.9 Å². The molecule has 0 aliphatic heterocycles. The van der Waals surface area contributed by atoms with Crippen LogP contribution in [0.5, 0.6) is 0 Å². The van der Waals surface area contributed by atoms with Gasteiger partial charge in [-0.05, 0) is 37.1 Å². The molecule has 2 heterocycles. The fourth-order valence-corrected chi connectivity index (χ4v) is 3.21. The molecule has 4 aromatic rings. The molecule has 0 saturated carbocycles. The highest BCUT2D eigenvalue weighted by Crippen LogP contribution is 2.18. The molecule has 0 radical (unpaired) electrons. The molecule has 0 aliphatic rings. The van der Waals surface area contributed by atoms with Crippen molar-refractivity contribution < 1.29 is 9.59 Å². The summed E-state index contributed by atoms with van der Waals surface area (Å²) in [4.78, 5) is 35.6. The number of para-hydroxylation sites is 1. The largest absolute Gasteiger partial charge is 0.368 e. The van der Waals surface area contributed by atoms with Crippen LogP contribution in [0, 0.1) is 0 Å². The number of amides is 1. The maximum absolute atomic E-state index is 12.4. The monoisotopic (exact) mass is 399 g/mol. The van der Waals surface area contributed by atoms with Gasteiger partial charge in [0.15, 0.2) is 5.78 Å². The first-order valence-corrected chi connectivity index (χ1v) is 9.63. The second-order valence-electron chi connectivity index (χ2n) is 6.91. The molecule has 0 spiro atoms. The molecule has 30 heavy (non-hydrogen) atoms. The Morgan fingerprint density at radius 1 is 1.03 bits per heavy atom. The minimum absolute atomic E-state index is 0.0612. The predicted molar refractivity (Wildman–Crippen MR) is 117 cm³/mol. The van der Waals surface area contributed by atoms with E-state index < -0.39 is 0 Å². The van der Waals surface area contributed by atoms with Gasteiger partial charge >= 0.3 is 0 Å². The van der Waals surface area contributed by atoms with Gasteiger partial charge in [0.1, 0.15) is 11.5 Å². The summed E-state index contributed by atoms with van der Waals surface area (Å²) in [7, 11) is 0. The number of H-pyrrole nitrogens is 1. The highest BCUT2D eigenvalue weighted by atomic mass is 16.2. The smallest absolute Gasteiger partial charge is 0.275 e.